The van der Waals surface area contributed by atoms with Gasteiger partial charge in [-0.2, -0.15) is 0 Å². The molecule has 29 heavy (non-hydrogen) atoms. The van der Waals surface area contributed by atoms with E-state index in [1.54, 1.807) is 13.0 Å². The molecule has 3 heterocycles. The molecule has 0 aliphatic carbocycles. The highest BCUT2D eigenvalue weighted by Crippen LogP contribution is 2.30. The number of hydrogen-bond acceptors (Lipinski definition) is 6. The molecular weight excluding hydrogens is 373 g/mol. The molecule has 1 N–H and O–H groups in total. The smallest absolute Gasteiger partial charge is 0.341 e. The Bertz CT molecular complexity index is 862. The van der Waals surface area contributed by atoms with Crippen molar-refractivity contribution in [3.63, 3.8) is 0 Å². The maximum absolute atomic E-state index is 13.9. The molecule has 0 bridgehead atoms. The average Bonchev–Trinajstić information content (AvgIpc) is 3.23. The van der Waals surface area contributed by atoms with Gasteiger partial charge in [-0.05, 0) is 50.3 Å². The van der Waals surface area contributed by atoms with Crippen molar-refractivity contribution < 1.29 is 18.7 Å². The Kier molecular flexibility index (Phi) is 6.25. The lowest BCUT2D eigenvalue weighted by atomic mass is 10.0. The number of benzene rings is 1. The summed E-state index contributed by atoms with van der Waals surface area (Å²) in [5.74, 6) is -0.147. The van der Waals surface area contributed by atoms with Crippen molar-refractivity contribution in [1.29, 1.82) is 0 Å². The van der Waals surface area contributed by atoms with Gasteiger partial charge >= 0.3 is 5.97 Å². The Morgan fingerprint density at radius 2 is 2.17 bits per heavy atom. The van der Waals surface area contributed by atoms with Gasteiger partial charge in [-0.25, -0.2) is 9.18 Å². The first kappa shape index (κ1) is 20.0. The lowest BCUT2D eigenvalue weighted by molar-refractivity contribution is 0.0527. The minimum absolute atomic E-state index is 0.216. The van der Waals surface area contributed by atoms with Crippen molar-refractivity contribution in [2.45, 2.75) is 32.2 Å². The molecule has 2 fully saturated rings. The first-order valence-electron chi connectivity index (χ1n) is 10.5. The highest BCUT2D eigenvalue weighted by atomic mass is 19.1. The predicted octanol–water partition coefficient (Wildman–Crippen LogP) is 3.46. The van der Waals surface area contributed by atoms with Crippen molar-refractivity contribution in [1.82, 2.24) is 9.88 Å². The number of piperidine rings is 1. The number of ether oxygens (including phenoxy) is 2. The van der Waals surface area contributed by atoms with Gasteiger partial charge in [0.25, 0.3) is 0 Å². The first-order valence-corrected chi connectivity index (χ1v) is 10.5. The van der Waals surface area contributed by atoms with Gasteiger partial charge < -0.3 is 19.7 Å². The highest BCUT2D eigenvalue weighted by molar-refractivity contribution is 6.05. The standard InChI is InChI=1S/C22H28FN3O3/c1-2-29-22(27)19-12-24-20-4-3-16(23)11-18(20)21(19)25-17-5-8-26(9-6-17)13-15-7-10-28-14-15/h3-4,11-12,15,17H,2,5-10,13-14H2,1H3,(H,24,25). The molecule has 2 aliphatic rings. The second-order valence-corrected chi connectivity index (χ2v) is 7.88. The van der Waals surface area contributed by atoms with E-state index in [-0.39, 0.29) is 18.5 Å². The maximum atomic E-state index is 13.9. The maximum Gasteiger partial charge on any atom is 0.341 e. The number of nitrogens with zero attached hydrogens (tertiary/aromatic N) is 2. The van der Waals surface area contributed by atoms with Crippen LogP contribution in [0.25, 0.3) is 10.9 Å². The van der Waals surface area contributed by atoms with Gasteiger partial charge in [-0.1, -0.05) is 0 Å². The third-order valence-electron chi connectivity index (χ3n) is 5.80. The quantitative estimate of drug-likeness (QED) is 0.748. The monoisotopic (exact) mass is 401 g/mol. The van der Waals surface area contributed by atoms with Crippen LogP contribution in [0, 0.1) is 11.7 Å². The molecule has 1 aromatic carbocycles. The Hall–Kier alpha value is -2.25. The summed E-state index contributed by atoms with van der Waals surface area (Å²) in [5.41, 5.74) is 1.63. The van der Waals surface area contributed by atoms with Gasteiger partial charge in [0.05, 0.1) is 24.4 Å². The summed E-state index contributed by atoms with van der Waals surface area (Å²) in [6.45, 7) is 6.89. The number of halogens is 1. The van der Waals surface area contributed by atoms with Crippen LogP contribution in [0.3, 0.4) is 0 Å². The van der Waals surface area contributed by atoms with Gasteiger partial charge in [0.15, 0.2) is 0 Å². The molecule has 0 radical (unpaired) electrons. The van der Waals surface area contributed by atoms with Crippen LogP contribution in [0.5, 0.6) is 0 Å². The molecule has 2 aliphatic heterocycles. The number of pyridine rings is 1. The third-order valence-corrected chi connectivity index (χ3v) is 5.80. The van der Waals surface area contributed by atoms with Crippen molar-refractivity contribution >= 4 is 22.6 Å². The Labute approximate surface area is 170 Å². The molecule has 7 heteroatoms. The van der Waals surface area contributed by atoms with Crippen LogP contribution in [0.15, 0.2) is 24.4 Å². The average molecular weight is 401 g/mol. The summed E-state index contributed by atoms with van der Waals surface area (Å²) in [7, 11) is 0. The Morgan fingerprint density at radius 1 is 1.34 bits per heavy atom. The number of carbonyl (C=O) groups excluding carboxylic acids is 1. The lowest BCUT2D eigenvalue weighted by Crippen LogP contribution is -2.41. The predicted molar refractivity (Wildman–Crippen MR) is 110 cm³/mol. The fourth-order valence-corrected chi connectivity index (χ4v) is 4.24. The van der Waals surface area contributed by atoms with E-state index in [0.717, 1.165) is 52.1 Å². The topological polar surface area (TPSA) is 63.7 Å². The van der Waals surface area contributed by atoms with Crippen molar-refractivity contribution in [3.8, 4) is 0 Å². The largest absolute Gasteiger partial charge is 0.462 e. The lowest BCUT2D eigenvalue weighted by Gasteiger charge is -2.34. The molecule has 0 spiro atoms. The highest BCUT2D eigenvalue weighted by Gasteiger charge is 2.26. The molecule has 1 unspecified atom stereocenters. The van der Waals surface area contributed by atoms with Crippen LogP contribution in [-0.2, 0) is 9.47 Å². The molecule has 156 valence electrons. The fraction of sp³-hybridized carbons (Fsp3) is 0.545. The van der Waals surface area contributed by atoms with E-state index in [1.807, 2.05) is 0 Å². The van der Waals surface area contributed by atoms with E-state index in [9.17, 15) is 9.18 Å². The summed E-state index contributed by atoms with van der Waals surface area (Å²) >= 11 is 0. The van der Waals surface area contributed by atoms with Crippen molar-refractivity contribution in [3.05, 3.63) is 35.8 Å². The number of fused-ring (bicyclic) bond motifs is 1. The number of nitrogens with one attached hydrogen (secondary N) is 1. The van der Waals surface area contributed by atoms with E-state index in [0.29, 0.717) is 28.1 Å². The number of rotatable bonds is 6. The summed E-state index contributed by atoms with van der Waals surface area (Å²) in [5, 5.41) is 4.13. The van der Waals surface area contributed by atoms with E-state index in [2.05, 4.69) is 15.2 Å². The minimum atomic E-state index is -0.438. The number of carbonyl (C=O) groups is 1. The number of esters is 1. The van der Waals surface area contributed by atoms with Crippen molar-refractivity contribution in [2.75, 3.05) is 44.8 Å². The number of hydrogen-bond donors (Lipinski definition) is 1. The summed E-state index contributed by atoms with van der Waals surface area (Å²) in [6, 6.07) is 4.67. The van der Waals surface area contributed by atoms with Gasteiger partial charge in [-0.15, -0.1) is 0 Å². The molecule has 1 aromatic heterocycles. The number of aromatic nitrogens is 1. The summed E-state index contributed by atoms with van der Waals surface area (Å²) in [6.07, 6.45) is 4.61. The minimum Gasteiger partial charge on any atom is -0.462 e. The molecule has 0 amide bonds. The fourth-order valence-electron chi connectivity index (χ4n) is 4.24. The molecule has 2 aromatic rings. The molecule has 2 saturated heterocycles. The van der Waals surface area contributed by atoms with Gasteiger partial charge in [0.1, 0.15) is 11.4 Å². The zero-order valence-corrected chi connectivity index (χ0v) is 16.8. The van der Waals surface area contributed by atoms with Gasteiger partial charge in [0, 0.05) is 43.9 Å². The van der Waals surface area contributed by atoms with Crippen molar-refractivity contribution in [2.24, 2.45) is 5.92 Å². The van der Waals surface area contributed by atoms with Crippen LogP contribution in [-0.4, -0.2) is 61.3 Å². The van der Waals surface area contributed by atoms with E-state index >= 15 is 0 Å². The van der Waals surface area contributed by atoms with Crippen LogP contribution in [0.2, 0.25) is 0 Å². The molecular formula is C22H28FN3O3. The van der Waals surface area contributed by atoms with E-state index in [1.165, 1.54) is 18.3 Å². The van der Waals surface area contributed by atoms with Gasteiger partial charge in [-0.3, -0.25) is 4.98 Å². The Morgan fingerprint density at radius 3 is 2.90 bits per heavy atom. The molecule has 4 rings (SSSR count). The second kappa shape index (κ2) is 9.05. The summed E-state index contributed by atoms with van der Waals surface area (Å²) < 4.78 is 24.6. The van der Waals surface area contributed by atoms with Crippen LogP contribution >= 0.6 is 0 Å². The Balaban J connectivity index is 1.51. The van der Waals surface area contributed by atoms with Crippen LogP contribution < -0.4 is 5.32 Å². The zero-order valence-electron chi connectivity index (χ0n) is 16.8. The number of likely N-dealkylation sites (tertiary alicyclic amines) is 1. The normalized spacial score (nSPS) is 20.8. The van der Waals surface area contributed by atoms with Crippen LogP contribution in [0.4, 0.5) is 10.1 Å². The van der Waals surface area contributed by atoms with E-state index in [4.69, 9.17) is 9.47 Å². The molecule has 0 saturated carbocycles. The molecule has 1 atom stereocenters. The molecule has 6 nitrogen and oxygen atoms in total. The van der Waals surface area contributed by atoms with Gasteiger partial charge in [0.2, 0.25) is 0 Å². The second-order valence-electron chi connectivity index (χ2n) is 7.88. The van der Waals surface area contributed by atoms with Crippen LogP contribution in [0.1, 0.15) is 36.5 Å². The summed E-state index contributed by atoms with van der Waals surface area (Å²) in [4.78, 5) is 19.3. The zero-order chi connectivity index (χ0) is 20.2. The van der Waals surface area contributed by atoms with E-state index < -0.39 is 5.97 Å². The first-order chi connectivity index (χ1) is 14.1. The number of anilines is 1. The SMILES string of the molecule is CCOC(=O)c1cnc2ccc(F)cc2c1NC1CCN(CC2CCOC2)CC1. The third kappa shape index (κ3) is 4.67.